The number of para-hydroxylation sites is 1. The Bertz CT molecular complexity index is 735. The van der Waals surface area contributed by atoms with Crippen molar-refractivity contribution in [3.63, 3.8) is 0 Å². The number of aliphatic carboxylic acids is 1. The molecule has 1 amide bonds. The minimum absolute atomic E-state index is 0.0249. The van der Waals surface area contributed by atoms with E-state index in [0.29, 0.717) is 18.5 Å². The van der Waals surface area contributed by atoms with Gasteiger partial charge in [0.2, 0.25) is 0 Å². The molecule has 23 heavy (non-hydrogen) atoms. The molecule has 1 N–H and O–H groups in total. The van der Waals surface area contributed by atoms with Gasteiger partial charge in [0.25, 0.3) is 5.91 Å². The number of carbonyl (C=O) groups excluding carboxylic acids is 1. The number of carboxylic acids is 1. The van der Waals surface area contributed by atoms with Gasteiger partial charge >= 0.3 is 5.97 Å². The Labute approximate surface area is 135 Å². The van der Waals surface area contributed by atoms with Gasteiger partial charge in [0.05, 0.1) is 5.56 Å². The second kappa shape index (κ2) is 6.44. The predicted molar refractivity (Wildman–Crippen MR) is 88.5 cm³/mol. The lowest BCUT2D eigenvalue weighted by Gasteiger charge is -2.35. The van der Waals surface area contributed by atoms with Gasteiger partial charge in [-0.25, -0.2) is 0 Å². The summed E-state index contributed by atoms with van der Waals surface area (Å²) < 4.78 is 1.97. The van der Waals surface area contributed by atoms with E-state index in [-0.39, 0.29) is 18.4 Å². The fourth-order valence-electron chi connectivity index (χ4n) is 3.52. The monoisotopic (exact) mass is 314 g/mol. The van der Waals surface area contributed by atoms with E-state index in [2.05, 4.69) is 0 Å². The number of likely N-dealkylation sites (tertiary alicyclic amines) is 1. The summed E-state index contributed by atoms with van der Waals surface area (Å²) in [6.07, 6.45) is 5.47. The maximum atomic E-state index is 13.0. The molecule has 0 aliphatic carbocycles. The second-order valence-electron chi connectivity index (χ2n) is 6.25. The van der Waals surface area contributed by atoms with Crippen molar-refractivity contribution in [3.8, 4) is 0 Å². The van der Waals surface area contributed by atoms with Gasteiger partial charge in [-0.1, -0.05) is 18.2 Å². The molecular weight excluding hydrogens is 292 g/mol. The largest absolute Gasteiger partial charge is 0.481 e. The third-order valence-corrected chi connectivity index (χ3v) is 4.71. The second-order valence-corrected chi connectivity index (χ2v) is 6.25. The fraction of sp³-hybridized carbons (Fsp3) is 0.444. The predicted octanol–water partition coefficient (Wildman–Crippen LogP) is 3.04. The Morgan fingerprint density at radius 1 is 1.26 bits per heavy atom. The van der Waals surface area contributed by atoms with Crippen molar-refractivity contribution < 1.29 is 14.7 Å². The van der Waals surface area contributed by atoms with Crippen molar-refractivity contribution in [3.05, 3.63) is 36.0 Å². The number of piperidine rings is 1. The Morgan fingerprint density at radius 3 is 2.83 bits per heavy atom. The number of benzene rings is 1. The van der Waals surface area contributed by atoms with Gasteiger partial charge in [0.1, 0.15) is 0 Å². The van der Waals surface area contributed by atoms with Crippen LogP contribution in [0.2, 0.25) is 0 Å². The smallest absolute Gasteiger partial charge is 0.303 e. The standard InChI is InChI=1S/C18H22N2O3/c1-19-12-15(14-7-2-3-8-16(14)19)18(23)20-11-5-4-6-13(20)9-10-17(21)22/h2-3,7-8,12-13H,4-6,9-11H2,1H3,(H,21,22). The Morgan fingerprint density at radius 2 is 2.04 bits per heavy atom. The minimum atomic E-state index is -0.798. The molecule has 122 valence electrons. The molecule has 0 spiro atoms. The summed E-state index contributed by atoms with van der Waals surface area (Å²) in [5.41, 5.74) is 1.75. The van der Waals surface area contributed by atoms with E-state index in [4.69, 9.17) is 5.11 Å². The molecule has 0 bridgehead atoms. The number of nitrogens with zero attached hydrogens (tertiary/aromatic N) is 2. The number of rotatable bonds is 4. The van der Waals surface area contributed by atoms with Gasteiger partial charge in [-0.3, -0.25) is 9.59 Å². The van der Waals surface area contributed by atoms with Crippen LogP contribution in [0.1, 0.15) is 42.5 Å². The molecule has 1 saturated heterocycles. The SMILES string of the molecule is Cn1cc(C(=O)N2CCCCC2CCC(=O)O)c2ccccc21. The normalized spacial score (nSPS) is 18.3. The molecule has 1 aromatic heterocycles. The molecule has 3 rings (SSSR count). The molecule has 1 aromatic carbocycles. The molecule has 0 radical (unpaired) electrons. The van der Waals surface area contributed by atoms with E-state index >= 15 is 0 Å². The van der Waals surface area contributed by atoms with E-state index in [9.17, 15) is 9.59 Å². The molecule has 2 heterocycles. The van der Waals surface area contributed by atoms with Crippen molar-refractivity contribution in [1.29, 1.82) is 0 Å². The number of fused-ring (bicyclic) bond motifs is 1. The van der Waals surface area contributed by atoms with Crippen LogP contribution in [-0.4, -0.2) is 39.0 Å². The van der Waals surface area contributed by atoms with Crippen LogP contribution >= 0.6 is 0 Å². The zero-order valence-corrected chi connectivity index (χ0v) is 13.4. The van der Waals surface area contributed by atoms with Crippen LogP contribution in [-0.2, 0) is 11.8 Å². The summed E-state index contributed by atoms with van der Waals surface area (Å²) in [6.45, 7) is 0.715. The summed E-state index contributed by atoms with van der Waals surface area (Å²) in [5.74, 6) is -0.773. The van der Waals surface area contributed by atoms with Crippen molar-refractivity contribution >= 4 is 22.8 Å². The van der Waals surface area contributed by atoms with Crippen LogP contribution in [0.5, 0.6) is 0 Å². The van der Waals surface area contributed by atoms with E-state index in [0.717, 1.165) is 30.2 Å². The highest BCUT2D eigenvalue weighted by molar-refractivity contribution is 6.07. The highest BCUT2D eigenvalue weighted by atomic mass is 16.4. The van der Waals surface area contributed by atoms with E-state index in [1.54, 1.807) is 0 Å². The average Bonchev–Trinajstić information content (AvgIpc) is 2.90. The molecule has 1 unspecified atom stereocenters. The number of hydrogen-bond acceptors (Lipinski definition) is 2. The van der Waals surface area contributed by atoms with Crippen molar-refractivity contribution in [1.82, 2.24) is 9.47 Å². The zero-order valence-electron chi connectivity index (χ0n) is 13.4. The number of aromatic nitrogens is 1. The molecule has 1 aliphatic rings. The molecule has 1 aliphatic heterocycles. The van der Waals surface area contributed by atoms with Gasteiger partial charge in [0, 0.05) is 43.2 Å². The summed E-state index contributed by atoms with van der Waals surface area (Å²) in [4.78, 5) is 25.8. The lowest BCUT2D eigenvalue weighted by atomic mass is 9.97. The van der Waals surface area contributed by atoms with Gasteiger partial charge in [-0.05, 0) is 31.7 Å². The third kappa shape index (κ3) is 3.09. The maximum absolute atomic E-state index is 13.0. The van der Waals surface area contributed by atoms with Crippen LogP contribution in [0.4, 0.5) is 0 Å². The molecule has 0 saturated carbocycles. The Balaban J connectivity index is 1.88. The summed E-state index contributed by atoms with van der Waals surface area (Å²) >= 11 is 0. The van der Waals surface area contributed by atoms with Gasteiger partial charge in [-0.15, -0.1) is 0 Å². The lowest BCUT2D eigenvalue weighted by molar-refractivity contribution is -0.137. The first-order chi connectivity index (χ1) is 11.1. The molecule has 5 nitrogen and oxygen atoms in total. The third-order valence-electron chi connectivity index (χ3n) is 4.71. The van der Waals surface area contributed by atoms with Crippen LogP contribution in [0.3, 0.4) is 0 Å². The highest BCUT2D eigenvalue weighted by Gasteiger charge is 2.29. The minimum Gasteiger partial charge on any atom is -0.481 e. The molecule has 2 aromatic rings. The fourth-order valence-corrected chi connectivity index (χ4v) is 3.52. The first-order valence-electron chi connectivity index (χ1n) is 8.14. The highest BCUT2D eigenvalue weighted by Crippen LogP contribution is 2.27. The zero-order chi connectivity index (χ0) is 16.4. The Kier molecular flexibility index (Phi) is 4.37. The van der Waals surface area contributed by atoms with E-state index in [1.165, 1.54) is 0 Å². The van der Waals surface area contributed by atoms with Gasteiger partial charge in [0.15, 0.2) is 0 Å². The van der Waals surface area contributed by atoms with Gasteiger partial charge in [-0.2, -0.15) is 0 Å². The molecule has 1 atom stereocenters. The summed E-state index contributed by atoms with van der Waals surface area (Å²) in [5, 5.41) is 9.88. The van der Waals surface area contributed by atoms with Crippen molar-refractivity contribution in [2.45, 2.75) is 38.1 Å². The van der Waals surface area contributed by atoms with Crippen LogP contribution in [0.25, 0.3) is 10.9 Å². The summed E-state index contributed by atoms with van der Waals surface area (Å²) in [6, 6.07) is 7.92. The van der Waals surface area contributed by atoms with Crippen LogP contribution in [0, 0.1) is 0 Å². The Hall–Kier alpha value is -2.30. The molecular formula is C18H22N2O3. The molecule has 5 heteroatoms. The van der Waals surface area contributed by atoms with Crippen LogP contribution in [0.15, 0.2) is 30.5 Å². The quantitative estimate of drug-likeness (QED) is 0.943. The van der Waals surface area contributed by atoms with E-state index in [1.807, 2.05) is 47.0 Å². The number of hydrogen-bond donors (Lipinski definition) is 1. The summed E-state index contributed by atoms with van der Waals surface area (Å²) in [7, 11) is 1.94. The van der Waals surface area contributed by atoms with Crippen LogP contribution < -0.4 is 0 Å². The maximum Gasteiger partial charge on any atom is 0.303 e. The van der Waals surface area contributed by atoms with Crippen molar-refractivity contribution in [2.75, 3.05) is 6.54 Å². The molecule has 1 fully saturated rings. The number of amides is 1. The van der Waals surface area contributed by atoms with E-state index < -0.39 is 5.97 Å². The van der Waals surface area contributed by atoms with Crippen molar-refractivity contribution in [2.24, 2.45) is 7.05 Å². The number of carbonyl (C=O) groups is 2. The number of aryl methyl sites for hydroxylation is 1. The topological polar surface area (TPSA) is 62.5 Å². The van der Waals surface area contributed by atoms with Gasteiger partial charge < -0.3 is 14.6 Å². The first-order valence-corrected chi connectivity index (χ1v) is 8.14. The number of carboxylic acid groups (broad SMARTS) is 1. The average molecular weight is 314 g/mol. The first kappa shape index (κ1) is 15.6. The lowest BCUT2D eigenvalue weighted by Crippen LogP contribution is -2.43.